The van der Waals surface area contributed by atoms with E-state index < -0.39 is 0 Å². The quantitative estimate of drug-likeness (QED) is 0.389. The lowest BCUT2D eigenvalue weighted by molar-refractivity contribution is 0.0625. The number of thiophene rings is 1. The molecular formula is C16H27ClIN3OS. The fourth-order valence-electron chi connectivity index (χ4n) is 2.69. The Balaban J connectivity index is 0.00000264. The minimum atomic E-state index is 0. The molecule has 0 spiro atoms. The lowest BCUT2D eigenvalue weighted by atomic mass is 9.96. The van der Waals surface area contributed by atoms with Crippen LogP contribution in [0.1, 0.15) is 24.1 Å². The molecule has 132 valence electrons. The maximum absolute atomic E-state index is 5.95. The van der Waals surface area contributed by atoms with Gasteiger partial charge in [0.15, 0.2) is 5.96 Å². The Morgan fingerprint density at radius 3 is 2.78 bits per heavy atom. The third-order valence-electron chi connectivity index (χ3n) is 4.07. The summed E-state index contributed by atoms with van der Waals surface area (Å²) in [6.07, 6.45) is 4.57. The largest absolute Gasteiger partial charge is 0.381 e. The predicted octanol–water partition coefficient (Wildman–Crippen LogP) is 3.89. The summed E-state index contributed by atoms with van der Waals surface area (Å²) in [6, 6.07) is 4.04. The molecule has 0 saturated carbocycles. The van der Waals surface area contributed by atoms with E-state index in [0.717, 1.165) is 48.9 Å². The maximum atomic E-state index is 5.95. The number of halogens is 2. The molecule has 0 aliphatic carbocycles. The van der Waals surface area contributed by atoms with Gasteiger partial charge in [0.05, 0.1) is 4.34 Å². The fraction of sp³-hybridized carbons (Fsp3) is 0.688. The zero-order chi connectivity index (χ0) is 15.8. The summed E-state index contributed by atoms with van der Waals surface area (Å²) in [5.74, 6) is 1.76. The number of aliphatic imine (C=N–C) groups is 1. The normalized spacial score (nSPS) is 16.0. The van der Waals surface area contributed by atoms with Gasteiger partial charge in [-0.3, -0.25) is 4.99 Å². The lowest BCUT2D eigenvalue weighted by Crippen LogP contribution is -2.40. The van der Waals surface area contributed by atoms with E-state index in [-0.39, 0.29) is 24.0 Å². The van der Waals surface area contributed by atoms with Crippen molar-refractivity contribution in [3.05, 3.63) is 21.3 Å². The highest BCUT2D eigenvalue weighted by atomic mass is 127. The van der Waals surface area contributed by atoms with Gasteiger partial charge in [-0.15, -0.1) is 35.3 Å². The van der Waals surface area contributed by atoms with E-state index in [0.29, 0.717) is 0 Å². The summed E-state index contributed by atoms with van der Waals surface area (Å²) in [4.78, 5) is 7.89. The van der Waals surface area contributed by atoms with Gasteiger partial charge in [-0.1, -0.05) is 11.6 Å². The monoisotopic (exact) mass is 471 g/mol. The Hall–Kier alpha value is -0.0500. The van der Waals surface area contributed by atoms with E-state index in [1.165, 1.54) is 24.1 Å². The third-order valence-corrected chi connectivity index (χ3v) is 5.36. The topological polar surface area (TPSA) is 36.9 Å². The van der Waals surface area contributed by atoms with Crippen molar-refractivity contribution in [2.24, 2.45) is 10.9 Å². The molecule has 1 saturated heterocycles. The number of nitrogens with one attached hydrogen (secondary N) is 1. The van der Waals surface area contributed by atoms with Crippen molar-refractivity contribution in [3.8, 4) is 0 Å². The van der Waals surface area contributed by atoms with Crippen molar-refractivity contribution in [1.82, 2.24) is 10.2 Å². The lowest BCUT2D eigenvalue weighted by Gasteiger charge is -2.26. The summed E-state index contributed by atoms with van der Waals surface area (Å²) < 4.78 is 6.27. The van der Waals surface area contributed by atoms with Crippen LogP contribution in [-0.4, -0.2) is 51.3 Å². The number of hydrogen-bond acceptors (Lipinski definition) is 3. The molecule has 0 unspecified atom stereocenters. The molecule has 1 N–H and O–H groups in total. The molecule has 0 aromatic carbocycles. The molecule has 0 radical (unpaired) electrons. The van der Waals surface area contributed by atoms with Crippen LogP contribution in [0, 0.1) is 5.92 Å². The van der Waals surface area contributed by atoms with Gasteiger partial charge in [0.1, 0.15) is 0 Å². The van der Waals surface area contributed by atoms with Crippen LogP contribution in [-0.2, 0) is 11.2 Å². The summed E-state index contributed by atoms with van der Waals surface area (Å²) >= 11 is 7.60. The molecule has 0 atom stereocenters. The van der Waals surface area contributed by atoms with Crippen molar-refractivity contribution in [2.45, 2.75) is 25.7 Å². The summed E-state index contributed by atoms with van der Waals surface area (Å²) in [5, 5.41) is 3.43. The Morgan fingerprint density at radius 2 is 2.17 bits per heavy atom. The van der Waals surface area contributed by atoms with Gasteiger partial charge in [-0.25, -0.2) is 0 Å². The van der Waals surface area contributed by atoms with Crippen molar-refractivity contribution in [2.75, 3.05) is 40.4 Å². The maximum Gasteiger partial charge on any atom is 0.193 e. The Labute approximate surface area is 165 Å². The first-order chi connectivity index (χ1) is 10.7. The molecule has 1 aliphatic heterocycles. The molecule has 1 aromatic heterocycles. The van der Waals surface area contributed by atoms with E-state index in [4.69, 9.17) is 16.3 Å². The highest BCUT2D eigenvalue weighted by molar-refractivity contribution is 14.0. The molecule has 2 heterocycles. The van der Waals surface area contributed by atoms with Crippen molar-refractivity contribution in [3.63, 3.8) is 0 Å². The average Bonchev–Trinajstić information content (AvgIpc) is 2.95. The highest BCUT2D eigenvalue weighted by Gasteiger charge is 2.15. The molecular weight excluding hydrogens is 445 g/mol. The molecule has 0 bridgehead atoms. The van der Waals surface area contributed by atoms with Crippen LogP contribution in [0.2, 0.25) is 4.34 Å². The molecule has 2 rings (SSSR count). The second-order valence-corrected chi connectivity index (χ2v) is 7.50. The SMILES string of the molecule is CN=C(NCCc1ccc(Cl)s1)N(C)CCC1CCOCC1.I. The molecule has 4 nitrogen and oxygen atoms in total. The van der Waals surface area contributed by atoms with Crippen LogP contribution in [0.5, 0.6) is 0 Å². The summed E-state index contributed by atoms with van der Waals surface area (Å²) in [7, 11) is 3.95. The van der Waals surface area contributed by atoms with E-state index >= 15 is 0 Å². The number of rotatable bonds is 6. The van der Waals surface area contributed by atoms with E-state index in [1.54, 1.807) is 11.3 Å². The Morgan fingerprint density at radius 1 is 1.43 bits per heavy atom. The van der Waals surface area contributed by atoms with Crippen LogP contribution in [0.15, 0.2) is 17.1 Å². The highest BCUT2D eigenvalue weighted by Crippen LogP contribution is 2.21. The average molecular weight is 472 g/mol. The fourth-order valence-corrected chi connectivity index (χ4v) is 3.77. The van der Waals surface area contributed by atoms with Crippen LogP contribution >= 0.6 is 46.9 Å². The van der Waals surface area contributed by atoms with Gasteiger partial charge >= 0.3 is 0 Å². The second kappa shape index (κ2) is 11.5. The first-order valence-electron chi connectivity index (χ1n) is 7.92. The zero-order valence-corrected chi connectivity index (χ0v) is 17.8. The molecule has 23 heavy (non-hydrogen) atoms. The number of hydrogen-bond donors (Lipinski definition) is 1. The van der Waals surface area contributed by atoms with Gasteiger partial charge in [0.2, 0.25) is 0 Å². The zero-order valence-electron chi connectivity index (χ0n) is 13.9. The Bertz CT molecular complexity index is 478. The van der Waals surface area contributed by atoms with Crippen LogP contribution in [0.25, 0.3) is 0 Å². The van der Waals surface area contributed by atoms with Crippen LogP contribution in [0.3, 0.4) is 0 Å². The first-order valence-corrected chi connectivity index (χ1v) is 9.12. The number of guanidine groups is 1. The molecule has 1 aromatic rings. The summed E-state index contributed by atoms with van der Waals surface area (Å²) in [6.45, 7) is 3.76. The van der Waals surface area contributed by atoms with E-state index in [9.17, 15) is 0 Å². The van der Waals surface area contributed by atoms with Crippen LogP contribution < -0.4 is 5.32 Å². The van der Waals surface area contributed by atoms with Crippen LogP contribution in [0.4, 0.5) is 0 Å². The van der Waals surface area contributed by atoms with Crippen molar-refractivity contribution < 1.29 is 4.74 Å². The Kier molecular flexibility index (Phi) is 10.5. The predicted molar refractivity (Wildman–Crippen MR) is 111 cm³/mol. The van der Waals surface area contributed by atoms with Gasteiger partial charge in [0.25, 0.3) is 0 Å². The van der Waals surface area contributed by atoms with Gasteiger partial charge < -0.3 is 15.0 Å². The standard InChI is InChI=1S/C16H26ClN3OS.HI/c1-18-16(19-9-5-14-3-4-15(17)22-14)20(2)10-6-13-7-11-21-12-8-13;/h3-4,13H,5-12H2,1-2H3,(H,18,19);1H. The minimum absolute atomic E-state index is 0. The van der Waals surface area contributed by atoms with Gasteiger partial charge in [-0.2, -0.15) is 0 Å². The third kappa shape index (κ3) is 7.58. The van der Waals surface area contributed by atoms with Crippen molar-refractivity contribution in [1.29, 1.82) is 0 Å². The van der Waals surface area contributed by atoms with Gasteiger partial charge in [0, 0.05) is 45.3 Å². The van der Waals surface area contributed by atoms with Gasteiger partial charge in [-0.05, 0) is 43.7 Å². The van der Waals surface area contributed by atoms with Crippen molar-refractivity contribution >= 4 is 52.9 Å². The minimum Gasteiger partial charge on any atom is -0.381 e. The summed E-state index contributed by atoms with van der Waals surface area (Å²) in [5.41, 5.74) is 0. The molecule has 1 fully saturated rings. The number of ether oxygens (including phenoxy) is 1. The van der Waals surface area contributed by atoms with E-state index in [2.05, 4.69) is 28.3 Å². The smallest absolute Gasteiger partial charge is 0.193 e. The second-order valence-electron chi connectivity index (χ2n) is 5.70. The van der Waals surface area contributed by atoms with E-state index in [1.807, 2.05) is 13.1 Å². The molecule has 1 aliphatic rings. The molecule has 7 heteroatoms. The number of nitrogens with zero attached hydrogens (tertiary/aromatic N) is 2. The molecule has 0 amide bonds. The first kappa shape index (κ1) is 21.0.